The third-order valence-electron chi connectivity index (χ3n) is 4.59. The van der Waals surface area contributed by atoms with Crippen LogP contribution in [0.15, 0.2) is 48.5 Å². The van der Waals surface area contributed by atoms with Gasteiger partial charge < -0.3 is 30.1 Å². The van der Waals surface area contributed by atoms with E-state index in [9.17, 15) is 14.7 Å². The number of hydrogen-bond acceptors (Lipinski definition) is 5. The summed E-state index contributed by atoms with van der Waals surface area (Å²) in [6.45, 7) is 6.76. The van der Waals surface area contributed by atoms with Gasteiger partial charge in [0.25, 0.3) is 5.91 Å². The minimum atomic E-state index is -0.825. The molecule has 2 aromatic carbocycles. The second-order valence-electron chi connectivity index (χ2n) is 7.81. The van der Waals surface area contributed by atoms with Crippen molar-refractivity contribution in [2.24, 2.45) is 0 Å². The number of urea groups is 1. The maximum Gasteiger partial charge on any atom is 0.321 e. The van der Waals surface area contributed by atoms with Crippen molar-refractivity contribution in [1.29, 1.82) is 0 Å². The minimum absolute atomic E-state index is 0.101. The predicted octanol–water partition coefficient (Wildman–Crippen LogP) is 3.51. The van der Waals surface area contributed by atoms with Crippen molar-refractivity contribution in [3.63, 3.8) is 0 Å². The summed E-state index contributed by atoms with van der Waals surface area (Å²) >= 11 is 0. The van der Waals surface area contributed by atoms with Crippen LogP contribution in [0.2, 0.25) is 0 Å². The van der Waals surface area contributed by atoms with E-state index in [4.69, 9.17) is 9.47 Å². The zero-order chi connectivity index (χ0) is 23.5. The zero-order valence-electron chi connectivity index (χ0n) is 19.1. The molecule has 174 valence electrons. The first kappa shape index (κ1) is 25.3. The molecule has 0 bridgehead atoms. The number of hydrogen-bond donors (Lipinski definition) is 3. The lowest BCUT2D eigenvalue weighted by Gasteiger charge is -2.22. The standard InChI is InChI=1S/C24H33N3O5/c1-17(2)32-13-12-31-16-21(28)15-27(4)24(30)26-22-14-19(11-10-18(22)3)23(29)25-20-8-6-5-7-9-20/h5-11,14,17,21,28H,12-13,15-16H2,1-4H3,(H,25,29)(H,26,30). The van der Waals surface area contributed by atoms with Crippen molar-refractivity contribution in [2.75, 3.05) is 44.0 Å². The van der Waals surface area contributed by atoms with Crippen LogP contribution in [-0.2, 0) is 9.47 Å². The van der Waals surface area contributed by atoms with Crippen LogP contribution in [0.3, 0.4) is 0 Å². The number of para-hydroxylation sites is 1. The van der Waals surface area contributed by atoms with E-state index in [1.165, 1.54) is 4.90 Å². The normalized spacial score (nSPS) is 11.8. The Balaban J connectivity index is 1.87. The summed E-state index contributed by atoms with van der Waals surface area (Å²) in [5.41, 5.74) is 2.46. The zero-order valence-corrected chi connectivity index (χ0v) is 19.1. The molecule has 2 rings (SSSR count). The molecule has 0 aliphatic heterocycles. The molecule has 0 aromatic heterocycles. The third kappa shape index (κ3) is 8.66. The lowest BCUT2D eigenvalue weighted by molar-refractivity contribution is -0.0144. The van der Waals surface area contributed by atoms with E-state index in [1.54, 1.807) is 37.4 Å². The number of nitrogens with zero attached hydrogens (tertiary/aromatic N) is 1. The number of aliphatic hydroxyl groups excluding tert-OH is 1. The molecule has 0 radical (unpaired) electrons. The molecule has 8 heteroatoms. The number of anilines is 2. The molecule has 0 fully saturated rings. The maximum atomic E-state index is 12.6. The van der Waals surface area contributed by atoms with E-state index in [0.29, 0.717) is 30.2 Å². The Morgan fingerprint density at radius 2 is 1.78 bits per heavy atom. The van der Waals surface area contributed by atoms with Crippen molar-refractivity contribution in [3.8, 4) is 0 Å². The summed E-state index contributed by atoms with van der Waals surface area (Å²) in [6.07, 6.45) is -0.696. The fourth-order valence-corrected chi connectivity index (χ4v) is 2.85. The average molecular weight is 444 g/mol. The molecule has 0 saturated carbocycles. The highest BCUT2D eigenvalue weighted by molar-refractivity contribution is 6.05. The van der Waals surface area contributed by atoms with Crippen molar-refractivity contribution in [3.05, 3.63) is 59.7 Å². The molecular formula is C24H33N3O5. The largest absolute Gasteiger partial charge is 0.389 e. The van der Waals surface area contributed by atoms with E-state index in [1.807, 2.05) is 39.0 Å². The Morgan fingerprint density at radius 1 is 1.06 bits per heavy atom. The third-order valence-corrected chi connectivity index (χ3v) is 4.59. The quantitative estimate of drug-likeness (QED) is 0.462. The second kappa shape index (κ2) is 12.8. The summed E-state index contributed by atoms with van der Waals surface area (Å²) in [4.78, 5) is 26.5. The van der Waals surface area contributed by atoms with Gasteiger partial charge in [-0.25, -0.2) is 4.79 Å². The number of likely N-dealkylation sites (N-methyl/N-ethyl adjacent to an activating group) is 1. The first-order valence-electron chi connectivity index (χ1n) is 10.6. The summed E-state index contributed by atoms with van der Waals surface area (Å²) in [7, 11) is 1.59. The molecule has 0 saturated heterocycles. The number of rotatable bonds is 11. The van der Waals surface area contributed by atoms with E-state index in [2.05, 4.69) is 10.6 Å². The van der Waals surface area contributed by atoms with E-state index < -0.39 is 12.1 Å². The van der Waals surface area contributed by atoms with Crippen LogP contribution in [0.1, 0.15) is 29.8 Å². The molecule has 3 amide bonds. The number of aryl methyl sites for hydroxylation is 1. The highest BCUT2D eigenvalue weighted by Gasteiger charge is 2.16. The van der Waals surface area contributed by atoms with Gasteiger partial charge in [-0.05, 0) is 50.6 Å². The van der Waals surface area contributed by atoms with Gasteiger partial charge in [0.2, 0.25) is 0 Å². The van der Waals surface area contributed by atoms with E-state index >= 15 is 0 Å². The fraction of sp³-hybridized carbons (Fsp3) is 0.417. The number of aliphatic hydroxyl groups is 1. The van der Waals surface area contributed by atoms with Crippen LogP contribution in [0, 0.1) is 6.92 Å². The Bertz CT molecular complexity index is 873. The van der Waals surface area contributed by atoms with Crippen LogP contribution in [0.4, 0.5) is 16.2 Å². The molecule has 0 aliphatic rings. The van der Waals surface area contributed by atoms with Gasteiger partial charge in [0.15, 0.2) is 0 Å². The minimum Gasteiger partial charge on any atom is -0.389 e. The molecule has 3 N–H and O–H groups in total. The van der Waals surface area contributed by atoms with E-state index in [-0.39, 0.29) is 25.2 Å². The van der Waals surface area contributed by atoms with Crippen LogP contribution in [0.25, 0.3) is 0 Å². The first-order valence-corrected chi connectivity index (χ1v) is 10.6. The Kier molecular flexibility index (Phi) is 10.1. The van der Waals surface area contributed by atoms with Gasteiger partial charge in [0.1, 0.15) is 0 Å². The molecule has 0 spiro atoms. The lowest BCUT2D eigenvalue weighted by Crippen LogP contribution is -2.39. The van der Waals surface area contributed by atoms with Gasteiger partial charge in [-0.1, -0.05) is 24.3 Å². The van der Waals surface area contributed by atoms with Gasteiger partial charge in [0, 0.05) is 24.0 Å². The number of benzene rings is 2. The van der Waals surface area contributed by atoms with Crippen molar-refractivity contribution in [2.45, 2.75) is 33.0 Å². The first-order chi connectivity index (χ1) is 15.3. The maximum absolute atomic E-state index is 12.6. The topological polar surface area (TPSA) is 100 Å². The molecule has 8 nitrogen and oxygen atoms in total. The number of ether oxygens (including phenoxy) is 2. The van der Waals surface area contributed by atoms with Gasteiger partial charge in [-0.2, -0.15) is 0 Å². The summed E-state index contributed by atoms with van der Waals surface area (Å²) in [5.74, 6) is -0.269. The van der Waals surface area contributed by atoms with Gasteiger partial charge in [-0.3, -0.25) is 4.79 Å². The molecule has 2 aromatic rings. The van der Waals surface area contributed by atoms with Crippen LogP contribution in [-0.4, -0.2) is 67.6 Å². The molecular weight excluding hydrogens is 410 g/mol. The van der Waals surface area contributed by atoms with Crippen LogP contribution >= 0.6 is 0 Å². The van der Waals surface area contributed by atoms with Gasteiger partial charge in [0.05, 0.1) is 38.6 Å². The van der Waals surface area contributed by atoms with Crippen LogP contribution in [0.5, 0.6) is 0 Å². The Hall–Kier alpha value is -2.94. The second-order valence-corrected chi connectivity index (χ2v) is 7.81. The molecule has 32 heavy (non-hydrogen) atoms. The highest BCUT2D eigenvalue weighted by Crippen LogP contribution is 2.19. The van der Waals surface area contributed by atoms with Crippen molar-refractivity contribution < 1.29 is 24.2 Å². The van der Waals surface area contributed by atoms with Crippen molar-refractivity contribution >= 4 is 23.3 Å². The Labute approximate surface area is 189 Å². The number of nitrogens with one attached hydrogen (secondary N) is 2. The number of amides is 3. The number of carbonyl (C=O) groups excluding carboxylic acids is 2. The fourth-order valence-electron chi connectivity index (χ4n) is 2.85. The van der Waals surface area contributed by atoms with Crippen molar-refractivity contribution in [1.82, 2.24) is 4.90 Å². The summed E-state index contributed by atoms with van der Waals surface area (Å²) < 4.78 is 10.7. The molecule has 1 unspecified atom stereocenters. The van der Waals surface area contributed by atoms with Gasteiger partial charge >= 0.3 is 6.03 Å². The molecule has 0 aliphatic carbocycles. The molecule has 1 atom stereocenters. The average Bonchev–Trinajstić information content (AvgIpc) is 2.75. The SMILES string of the molecule is Cc1ccc(C(=O)Nc2ccccc2)cc1NC(=O)N(C)CC(O)COCCOC(C)C. The smallest absolute Gasteiger partial charge is 0.321 e. The van der Waals surface area contributed by atoms with Gasteiger partial charge in [-0.15, -0.1) is 0 Å². The lowest BCUT2D eigenvalue weighted by atomic mass is 10.1. The molecule has 0 heterocycles. The highest BCUT2D eigenvalue weighted by atomic mass is 16.5. The predicted molar refractivity (Wildman–Crippen MR) is 125 cm³/mol. The summed E-state index contributed by atoms with van der Waals surface area (Å²) in [5, 5.41) is 15.7. The Morgan fingerprint density at radius 3 is 2.47 bits per heavy atom. The van der Waals surface area contributed by atoms with E-state index in [0.717, 1.165) is 5.56 Å². The van der Waals surface area contributed by atoms with Crippen LogP contribution < -0.4 is 10.6 Å². The number of carbonyl (C=O) groups is 2. The summed E-state index contributed by atoms with van der Waals surface area (Å²) in [6, 6.07) is 13.9. The monoisotopic (exact) mass is 443 g/mol.